The van der Waals surface area contributed by atoms with Crippen molar-refractivity contribution in [3.63, 3.8) is 0 Å². The average Bonchev–Trinajstić information content (AvgIpc) is 3.23. The third-order valence-electron chi connectivity index (χ3n) is 9.67. The van der Waals surface area contributed by atoms with E-state index in [1.54, 1.807) is 6.92 Å². The molecule has 0 atom stereocenters. The third-order valence-corrected chi connectivity index (χ3v) is 9.67. The van der Waals surface area contributed by atoms with E-state index in [9.17, 15) is 69.5 Å². The van der Waals surface area contributed by atoms with Crippen LogP contribution in [0.2, 0.25) is 0 Å². The van der Waals surface area contributed by atoms with Crippen LogP contribution in [0, 0.1) is 48.8 Å². The summed E-state index contributed by atoms with van der Waals surface area (Å²) >= 11 is 0. The molecule has 0 spiro atoms. The maximum atomic E-state index is 14.1. The minimum atomic E-state index is -0.999. The van der Waals surface area contributed by atoms with E-state index in [1.807, 2.05) is 0 Å². The van der Waals surface area contributed by atoms with Gasteiger partial charge in [-0.3, -0.25) is 14.4 Å². The molecule has 0 unspecified atom stereocenters. The lowest BCUT2D eigenvalue weighted by molar-refractivity contribution is -0.117. The first kappa shape index (κ1) is 49.5. The number of carbonyl (C=O) groups excluding carboxylic acids is 6. The maximum absolute atomic E-state index is 14.1. The van der Waals surface area contributed by atoms with Crippen molar-refractivity contribution in [3.05, 3.63) is 136 Å². The molecule has 0 aliphatic carbocycles. The van der Waals surface area contributed by atoms with Crippen LogP contribution in [0.15, 0.2) is 64.0 Å². The van der Waals surface area contributed by atoms with Gasteiger partial charge in [0.25, 0.3) is 0 Å². The van der Waals surface area contributed by atoms with Gasteiger partial charge >= 0.3 is 16.9 Å². The van der Waals surface area contributed by atoms with Crippen molar-refractivity contribution in [3.8, 4) is 0 Å². The molecule has 0 fully saturated rings. The van der Waals surface area contributed by atoms with E-state index in [4.69, 9.17) is 13.3 Å². The monoisotopic (exact) mass is 896 g/mol. The van der Waals surface area contributed by atoms with E-state index in [1.165, 1.54) is 34.6 Å². The van der Waals surface area contributed by atoms with Gasteiger partial charge in [0.05, 0.1) is 0 Å². The molecule has 64 heavy (non-hydrogen) atoms. The third kappa shape index (κ3) is 11.5. The number of hydrogen-bond donors (Lipinski definition) is 0. The smallest absolute Gasteiger partial charge is 0.347 e. The highest BCUT2D eigenvalue weighted by Gasteiger charge is 2.22. The van der Waals surface area contributed by atoms with E-state index in [0.717, 1.165) is 36.4 Å². The molecule has 18 heteroatoms. The largest absolute Gasteiger partial charge is 0.419 e. The van der Waals surface area contributed by atoms with Crippen LogP contribution in [0.3, 0.4) is 0 Å². The number of halogens is 6. The lowest BCUT2D eigenvalue weighted by atomic mass is 10.0. The van der Waals surface area contributed by atoms with Crippen molar-refractivity contribution in [2.75, 3.05) is 0 Å². The van der Waals surface area contributed by atoms with E-state index < -0.39 is 69.1 Å². The molecular formula is C46H38F6O12. The summed E-state index contributed by atoms with van der Waals surface area (Å²) in [5.41, 5.74) is -5.77. The van der Waals surface area contributed by atoms with Crippen molar-refractivity contribution in [2.24, 2.45) is 0 Å². The number of hydrogen-bond acceptors (Lipinski definition) is 12. The average molecular weight is 897 g/mol. The summed E-state index contributed by atoms with van der Waals surface area (Å²) in [5, 5.41) is -0.0271. The Labute approximate surface area is 357 Å². The van der Waals surface area contributed by atoms with E-state index in [0.29, 0.717) is 0 Å². The van der Waals surface area contributed by atoms with Crippen LogP contribution in [0.25, 0.3) is 32.9 Å². The van der Waals surface area contributed by atoms with Crippen LogP contribution in [-0.2, 0) is 20.8 Å². The van der Waals surface area contributed by atoms with E-state index in [2.05, 4.69) is 0 Å². The van der Waals surface area contributed by atoms with Gasteiger partial charge < -0.3 is 27.6 Å². The van der Waals surface area contributed by atoms with Gasteiger partial charge in [-0.05, 0) is 77.4 Å². The topological polar surface area (TPSA) is 193 Å². The van der Waals surface area contributed by atoms with Gasteiger partial charge in [-0.25, -0.2) is 40.7 Å². The molecule has 3 aromatic heterocycles. The first-order valence-electron chi connectivity index (χ1n) is 19.3. The summed E-state index contributed by atoms with van der Waals surface area (Å²) in [6, 6.07) is 6.32. The Morgan fingerprint density at radius 1 is 0.438 bits per heavy atom. The molecule has 0 aliphatic rings. The Hall–Kier alpha value is -7.11. The van der Waals surface area contributed by atoms with Gasteiger partial charge in [0.1, 0.15) is 51.5 Å². The highest BCUT2D eigenvalue weighted by atomic mass is 19.2. The fourth-order valence-electron chi connectivity index (χ4n) is 5.98. The highest BCUT2D eigenvalue weighted by Crippen LogP contribution is 2.26. The SMILES string of the molecule is CC(=O)CCC(=O)c1cc2cc(F)c(C)c(F)c2oc1=O.CC(=O)CCC(=O)c1cc2cc(F)c(C)c(F)c2oc1=O.CCc1c(F)cc2cc(C(=O)CCC(C)=O)c(=O)oc2c1F. The number of ketones is 6. The quantitative estimate of drug-likeness (QED) is 0.0608. The Bertz CT molecular complexity index is 2950. The molecule has 6 aromatic rings. The molecule has 0 aliphatic heterocycles. The Morgan fingerprint density at radius 2 is 0.719 bits per heavy atom. The molecule has 3 heterocycles. The molecule has 0 N–H and O–H groups in total. The lowest BCUT2D eigenvalue weighted by Crippen LogP contribution is -2.15. The first-order valence-corrected chi connectivity index (χ1v) is 19.3. The second kappa shape index (κ2) is 20.8. The predicted octanol–water partition coefficient (Wildman–Crippen LogP) is 9.05. The normalized spacial score (nSPS) is 10.9. The van der Waals surface area contributed by atoms with Gasteiger partial charge in [0.15, 0.2) is 51.6 Å². The molecule has 6 rings (SSSR count). The molecule has 0 saturated carbocycles. The van der Waals surface area contributed by atoms with Crippen LogP contribution < -0.4 is 16.9 Å². The molecule has 336 valence electrons. The molecule has 0 bridgehead atoms. The van der Waals surface area contributed by atoms with Gasteiger partial charge in [0.2, 0.25) is 0 Å². The Balaban J connectivity index is 0.000000210. The van der Waals surface area contributed by atoms with Crippen molar-refractivity contribution < 1.29 is 68.4 Å². The highest BCUT2D eigenvalue weighted by molar-refractivity contribution is 6.01. The Morgan fingerprint density at radius 3 is 1.00 bits per heavy atom. The molecular weight excluding hydrogens is 858 g/mol. The number of rotatable bonds is 13. The zero-order chi connectivity index (χ0) is 47.9. The maximum Gasteiger partial charge on any atom is 0.347 e. The van der Waals surface area contributed by atoms with Crippen molar-refractivity contribution in [1.29, 1.82) is 0 Å². The minimum absolute atomic E-state index is 0.00187. The van der Waals surface area contributed by atoms with Crippen molar-refractivity contribution >= 4 is 67.6 Å². The van der Waals surface area contributed by atoms with E-state index in [-0.39, 0.29) is 129 Å². The standard InChI is InChI=1S/C16H14F2O4.2C15H12F2O4/c1-3-10-12(17)7-9-6-11(13(20)5-4-8(2)19)16(21)22-15(9)14(10)18;2*1-7(18)3-4-12(19)10-5-9-6-11(16)8(2)13(17)14(9)21-15(10)20/h6-7H,3-5H2,1-2H3;2*5-6H,3-4H2,1-2H3. The van der Waals surface area contributed by atoms with Crippen LogP contribution in [0.1, 0.15) is 114 Å². The second-order valence-corrected chi connectivity index (χ2v) is 14.6. The fourth-order valence-corrected chi connectivity index (χ4v) is 5.98. The summed E-state index contributed by atoms with van der Waals surface area (Å²) in [7, 11) is 0. The second-order valence-electron chi connectivity index (χ2n) is 14.6. The number of Topliss-reactive ketones (excluding diaryl/α,β-unsaturated/α-hetero) is 6. The predicted molar refractivity (Wildman–Crippen MR) is 219 cm³/mol. The van der Waals surface area contributed by atoms with Crippen molar-refractivity contribution in [2.45, 2.75) is 86.5 Å². The number of fused-ring (bicyclic) bond motifs is 3. The molecule has 12 nitrogen and oxygen atoms in total. The molecule has 0 saturated heterocycles. The first-order chi connectivity index (χ1) is 30.0. The summed E-state index contributed by atoms with van der Waals surface area (Å²) < 4.78 is 97.0. The summed E-state index contributed by atoms with van der Waals surface area (Å²) in [6.07, 6.45) is -0.362. The minimum Gasteiger partial charge on any atom is -0.419 e. The Kier molecular flexibility index (Phi) is 16.1. The fraction of sp³-hybridized carbons (Fsp3) is 0.283. The molecule has 3 aromatic carbocycles. The number of benzene rings is 3. The summed E-state index contributed by atoms with van der Waals surface area (Å²) in [6.45, 7) is 7.98. The van der Waals surface area contributed by atoms with Gasteiger partial charge in [-0.15, -0.1) is 0 Å². The summed E-state index contributed by atoms with van der Waals surface area (Å²) in [4.78, 5) is 103. The number of carbonyl (C=O) groups is 6. The van der Waals surface area contributed by atoms with Gasteiger partial charge in [-0.1, -0.05) is 6.92 Å². The van der Waals surface area contributed by atoms with Crippen LogP contribution in [0.5, 0.6) is 0 Å². The zero-order valence-electron chi connectivity index (χ0n) is 35.1. The molecule has 0 amide bonds. The molecule has 0 radical (unpaired) electrons. The zero-order valence-corrected chi connectivity index (χ0v) is 35.1. The summed E-state index contributed by atoms with van der Waals surface area (Å²) in [5.74, 6) is -7.58. The van der Waals surface area contributed by atoms with Crippen LogP contribution in [-0.4, -0.2) is 34.7 Å². The van der Waals surface area contributed by atoms with Crippen molar-refractivity contribution in [1.82, 2.24) is 0 Å². The van der Waals surface area contributed by atoms with Crippen LogP contribution in [0.4, 0.5) is 26.3 Å². The van der Waals surface area contributed by atoms with Gasteiger partial charge in [0, 0.05) is 71.4 Å². The lowest BCUT2D eigenvalue weighted by Gasteiger charge is -2.06. The van der Waals surface area contributed by atoms with Crippen LogP contribution >= 0.6 is 0 Å². The van der Waals surface area contributed by atoms with E-state index >= 15 is 0 Å². The van der Waals surface area contributed by atoms with Gasteiger partial charge in [-0.2, -0.15) is 0 Å².